The largest absolute Gasteiger partial charge is 0.456 e. The van der Waals surface area contributed by atoms with E-state index in [0.29, 0.717) is 15.7 Å². The van der Waals surface area contributed by atoms with Crippen molar-refractivity contribution in [2.24, 2.45) is 0 Å². The third-order valence-corrected chi connectivity index (χ3v) is 6.45. The molecule has 0 fully saturated rings. The molecule has 1 aliphatic rings. The van der Waals surface area contributed by atoms with E-state index < -0.39 is 0 Å². The number of nitrogens with one attached hydrogen (secondary N) is 1. The van der Waals surface area contributed by atoms with Crippen LogP contribution >= 0.6 is 23.2 Å². The first-order valence-corrected chi connectivity index (χ1v) is 11.6. The highest BCUT2D eigenvalue weighted by atomic mass is 35.5. The Morgan fingerprint density at radius 1 is 0.765 bits per heavy atom. The summed E-state index contributed by atoms with van der Waals surface area (Å²) in [5.74, 6) is -0.149. The maximum absolute atomic E-state index is 13.6. The summed E-state index contributed by atoms with van der Waals surface area (Å²) >= 11 is 12.4. The van der Waals surface area contributed by atoms with Gasteiger partial charge < -0.3 is 9.73 Å². The first kappa shape index (κ1) is 20.8. The Bertz CT molecular complexity index is 1600. The molecule has 166 valence electrons. The average molecular weight is 485 g/mol. The van der Waals surface area contributed by atoms with Gasteiger partial charge in [-0.3, -0.25) is 9.69 Å². The fraction of sp³-hybridized carbons (Fsp3) is 0.0357. The summed E-state index contributed by atoms with van der Waals surface area (Å²) in [6, 6.07) is 28.3. The van der Waals surface area contributed by atoms with E-state index in [-0.39, 0.29) is 11.9 Å². The highest BCUT2D eigenvalue weighted by molar-refractivity contribution is 6.31. The molecule has 5 aromatic rings. The van der Waals surface area contributed by atoms with Gasteiger partial charge in [0.2, 0.25) is 0 Å². The van der Waals surface area contributed by atoms with Gasteiger partial charge in [-0.2, -0.15) is 0 Å². The lowest BCUT2D eigenvalue weighted by atomic mass is 10.0. The van der Waals surface area contributed by atoms with Gasteiger partial charge in [0.15, 0.2) is 0 Å². The average Bonchev–Trinajstić information content (AvgIpc) is 3.36. The maximum atomic E-state index is 13.6. The lowest BCUT2D eigenvalue weighted by Crippen LogP contribution is -2.30. The maximum Gasteiger partial charge on any atom is 0.275 e. The molecule has 0 saturated heterocycles. The van der Waals surface area contributed by atoms with Crippen LogP contribution in [0.15, 0.2) is 107 Å². The molecule has 34 heavy (non-hydrogen) atoms. The van der Waals surface area contributed by atoms with Crippen LogP contribution in [0.2, 0.25) is 10.0 Å². The summed E-state index contributed by atoms with van der Waals surface area (Å²) in [5, 5.41) is 6.45. The molecular formula is C28H18Cl2N2O2. The number of hydrogen-bond donors (Lipinski definition) is 1. The number of halogens is 2. The van der Waals surface area contributed by atoms with Gasteiger partial charge in [0.05, 0.1) is 6.04 Å². The highest BCUT2D eigenvalue weighted by Gasteiger charge is 2.35. The van der Waals surface area contributed by atoms with E-state index in [1.54, 1.807) is 29.2 Å². The van der Waals surface area contributed by atoms with E-state index in [0.717, 1.165) is 38.9 Å². The standard InChI is InChI=1S/C28H18Cl2N2O2/c29-18-5-3-7-20(14-18)31-24-16-25(32(28(24)33)21-8-4-6-19(30)15-21)17-11-12-27-23(13-17)22-9-1-2-10-26(22)34-27/h1-16,25,31H. The molecule has 0 bridgehead atoms. The minimum Gasteiger partial charge on any atom is -0.456 e. The van der Waals surface area contributed by atoms with Gasteiger partial charge in [-0.05, 0) is 66.2 Å². The number of nitrogens with zero attached hydrogens (tertiary/aromatic N) is 1. The third kappa shape index (κ3) is 3.61. The Hall–Kier alpha value is -3.73. The van der Waals surface area contributed by atoms with Crippen LogP contribution in [0.25, 0.3) is 21.9 Å². The zero-order chi connectivity index (χ0) is 23.2. The summed E-state index contributed by atoms with van der Waals surface area (Å²) in [7, 11) is 0. The van der Waals surface area contributed by atoms with Crippen LogP contribution in [0.1, 0.15) is 11.6 Å². The second kappa shape index (κ2) is 8.24. The Morgan fingerprint density at radius 3 is 2.35 bits per heavy atom. The fourth-order valence-corrected chi connectivity index (χ4v) is 4.83. The lowest BCUT2D eigenvalue weighted by Gasteiger charge is -2.25. The van der Waals surface area contributed by atoms with E-state index in [2.05, 4.69) is 11.4 Å². The smallest absolute Gasteiger partial charge is 0.275 e. The molecule has 4 nitrogen and oxygen atoms in total. The van der Waals surface area contributed by atoms with E-state index in [1.165, 1.54) is 0 Å². The molecule has 1 aromatic heterocycles. The van der Waals surface area contributed by atoms with Gasteiger partial charge in [0.1, 0.15) is 16.9 Å². The molecule has 1 aliphatic heterocycles. The van der Waals surface area contributed by atoms with Gasteiger partial charge in [0.25, 0.3) is 5.91 Å². The summed E-state index contributed by atoms with van der Waals surface area (Å²) in [6.45, 7) is 0. The molecule has 4 aromatic carbocycles. The first-order valence-electron chi connectivity index (χ1n) is 10.8. The number of rotatable bonds is 4. The van der Waals surface area contributed by atoms with Crippen molar-refractivity contribution in [1.82, 2.24) is 0 Å². The highest BCUT2D eigenvalue weighted by Crippen LogP contribution is 2.39. The summed E-state index contributed by atoms with van der Waals surface area (Å²) < 4.78 is 5.99. The number of amides is 1. The normalized spacial score (nSPS) is 15.8. The van der Waals surface area contributed by atoms with Crippen molar-refractivity contribution in [2.45, 2.75) is 6.04 Å². The monoisotopic (exact) mass is 484 g/mol. The van der Waals surface area contributed by atoms with Crippen molar-refractivity contribution >= 4 is 62.4 Å². The van der Waals surface area contributed by atoms with Gasteiger partial charge in [-0.1, -0.05) is 59.6 Å². The predicted octanol–water partition coefficient (Wildman–Crippen LogP) is 7.98. The molecule has 1 amide bonds. The Kier molecular flexibility index (Phi) is 5.05. The number of fused-ring (bicyclic) bond motifs is 3. The van der Waals surface area contributed by atoms with Crippen molar-refractivity contribution in [3.63, 3.8) is 0 Å². The van der Waals surface area contributed by atoms with Gasteiger partial charge in [-0.25, -0.2) is 0 Å². The van der Waals surface area contributed by atoms with Crippen LogP contribution in [0.5, 0.6) is 0 Å². The van der Waals surface area contributed by atoms with E-state index in [9.17, 15) is 4.79 Å². The summed E-state index contributed by atoms with van der Waals surface area (Å²) in [4.78, 5) is 15.4. The third-order valence-electron chi connectivity index (χ3n) is 5.98. The number of benzene rings is 4. The first-order chi connectivity index (χ1) is 16.6. The Labute approximate surface area is 206 Å². The number of furan rings is 1. The minimum atomic E-state index is -0.328. The van der Waals surface area contributed by atoms with Crippen LogP contribution < -0.4 is 10.2 Å². The number of hydrogen-bond acceptors (Lipinski definition) is 3. The summed E-state index contributed by atoms with van der Waals surface area (Å²) in [5.41, 5.74) is 4.56. The van der Waals surface area contributed by atoms with Crippen LogP contribution in [-0.4, -0.2) is 5.91 Å². The van der Waals surface area contributed by atoms with Crippen molar-refractivity contribution in [3.8, 4) is 0 Å². The fourth-order valence-electron chi connectivity index (χ4n) is 4.45. The molecule has 1 unspecified atom stereocenters. The summed E-state index contributed by atoms with van der Waals surface area (Å²) in [6.07, 6.45) is 1.94. The molecule has 0 saturated carbocycles. The molecule has 1 atom stereocenters. The van der Waals surface area contributed by atoms with Crippen molar-refractivity contribution in [3.05, 3.63) is 118 Å². The van der Waals surface area contributed by atoms with Crippen LogP contribution in [0.4, 0.5) is 11.4 Å². The number of carbonyl (C=O) groups excluding carboxylic acids is 1. The Balaban J connectivity index is 1.47. The molecular weight excluding hydrogens is 467 g/mol. The SMILES string of the molecule is O=C1C(Nc2cccc(Cl)c2)=CC(c2ccc3oc4ccccc4c3c2)N1c1cccc(Cl)c1. The quantitative estimate of drug-likeness (QED) is 0.281. The number of para-hydroxylation sites is 1. The van der Waals surface area contributed by atoms with E-state index in [4.69, 9.17) is 27.6 Å². The minimum absolute atomic E-state index is 0.149. The van der Waals surface area contributed by atoms with Crippen molar-refractivity contribution in [2.75, 3.05) is 10.2 Å². The van der Waals surface area contributed by atoms with Gasteiger partial charge in [0, 0.05) is 32.2 Å². The van der Waals surface area contributed by atoms with Crippen LogP contribution in [-0.2, 0) is 4.79 Å². The molecule has 0 spiro atoms. The zero-order valence-corrected chi connectivity index (χ0v) is 19.3. The van der Waals surface area contributed by atoms with Crippen LogP contribution in [0, 0.1) is 0 Å². The van der Waals surface area contributed by atoms with Gasteiger partial charge >= 0.3 is 0 Å². The lowest BCUT2D eigenvalue weighted by molar-refractivity contribution is -0.114. The number of anilines is 2. The molecule has 0 aliphatic carbocycles. The topological polar surface area (TPSA) is 45.5 Å². The Morgan fingerprint density at radius 2 is 1.53 bits per heavy atom. The zero-order valence-electron chi connectivity index (χ0n) is 17.8. The van der Waals surface area contributed by atoms with Crippen LogP contribution in [0.3, 0.4) is 0 Å². The van der Waals surface area contributed by atoms with Crippen molar-refractivity contribution < 1.29 is 9.21 Å². The van der Waals surface area contributed by atoms with E-state index in [1.807, 2.05) is 66.7 Å². The molecule has 0 radical (unpaired) electrons. The van der Waals surface area contributed by atoms with E-state index >= 15 is 0 Å². The molecule has 6 rings (SSSR count). The molecule has 2 heterocycles. The second-order valence-corrected chi connectivity index (χ2v) is 9.04. The molecule has 6 heteroatoms. The predicted molar refractivity (Wildman–Crippen MR) is 139 cm³/mol. The number of carbonyl (C=O) groups is 1. The van der Waals surface area contributed by atoms with Gasteiger partial charge in [-0.15, -0.1) is 0 Å². The molecule has 1 N–H and O–H groups in total. The van der Waals surface area contributed by atoms with Crippen molar-refractivity contribution in [1.29, 1.82) is 0 Å². The second-order valence-electron chi connectivity index (χ2n) is 8.17.